The first kappa shape index (κ1) is 66.7. The number of rotatable bonds is 53. The Balaban J connectivity index is 2.15. The van der Waals surface area contributed by atoms with Gasteiger partial charge in [0.05, 0.1) is 25.4 Å². The van der Waals surface area contributed by atoms with Crippen molar-refractivity contribution in [1.82, 2.24) is 5.32 Å². The Morgan fingerprint density at radius 1 is 0.486 bits per heavy atom. The number of carbonyl (C=O) groups is 1. The molecule has 1 aliphatic heterocycles. The number of aliphatic hydroxyl groups is 5. The molecule has 6 N–H and O–H groups in total. The van der Waals surface area contributed by atoms with Crippen LogP contribution in [0.1, 0.15) is 303 Å². The average molecular weight is 993 g/mol. The Labute approximate surface area is 432 Å². The first-order valence-corrected chi connectivity index (χ1v) is 30.5. The van der Waals surface area contributed by atoms with Crippen molar-refractivity contribution in [2.45, 2.75) is 346 Å². The molecule has 70 heavy (non-hydrogen) atoms. The second-order valence-corrected chi connectivity index (χ2v) is 21.5. The summed E-state index contributed by atoms with van der Waals surface area (Å²) in [6.45, 7) is 3.87. The van der Waals surface area contributed by atoms with Gasteiger partial charge in [0.2, 0.25) is 5.91 Å². The number of carbonyl (C=O) groups excluding carboxylic acids is 1. The maximum absolute atomic E-state index is 13.1. The van der Waals surface area contributed by atoms with Crippen LogP contribution in [0.4, 0.5) is 0 Å². The molecule has 414 valence electrons. The van der Waals surface area contributed by atoms with Gasteiger partial charge in [0.1, 0.15) is 24.4 Å². The van der Waals surface area contributed by atoms with E-state index in [1.807, 2.05) is 0 Å². The van der Waals surface area contributed by atoms with Gasteiger partial charge in [0.15, 0.2) is 6.29 Å². The van der Waals surface area contributed by atoms with Crippen LogP contribution in [0.3, 0.4) is 0 Å². The second kappa shape index (κ2) is 51.2. The Hall–Kier alpha value is -1.33. The van der Waals surface area contributed by atoms with E-state index in [4.69, 9.17) is 9.47 Å². The molecule has 0 aromatic carbocycles. The summed E-state index contributed by atoms with van der Waals surface area (Å²) < 4.78 is 11.3. The monoisotopic (exact) mass is 992 g/mol. The van der Waals surface area contributed by atoms with Gasteiger partial charge in [0, 0.05) is 6.42 Å². The van der Waals surface area contributed by atoms with Crippen molar-refractivity contribution in [3.63, 3.8) is 0 Å². The van der Waals surface area contributed by atoms with E-state index in [0.717, 1.165) is 44.9 Å². The maximum Gasteiger partial charge on any atom is 0.220 e. The molecule has 0 aromatic heterocycles. The van der Waals surface area contributed by atoms with Gasteiger partial charge in [-0.3, -0.25) is 4.79 Å². The van der Waals surface area contributed by atoms with Crippen molar-refractivity contribution in [3.05, 3.63) is 24.3 Å². The summed E-state index contributed by atoms with van der Waals surface area (Å²) in [5, 5.41) is 54.7. The first-order valence-electron chi connectivity index (χ1n) is 30.5. The summed E-state index contributed by atoms with van der Waals surface area (Å²) in [7, 11) is 0. The molecule has 1 rings (SSSR count). The molecule has 9 nitrogen and oxygen atoms in total. The number of aliphatic hydroxyl groups excluding tert-OH is 5. The Morgan fingerprint density at radius 2 is 0.843 bits per heavy atom. The highest BCUT2D eigenvalue weighted by atomic mass is 16.7. The third-order valence-corrected chi connectivity index (χ3v) is 14.8. The Morgan fingerprint density at radius 3 is 1.23 bits per heavy atom. The van der Waals surface area contributed by atoms with Crippen LogP contribution in [0.15, 0.2) is 24.3 Å². The van der Waals surface area contributed by atoms with Crippen LogP contribution in [0.2, 0.25) is 0 Å². The number of hydrogen-bond acceptors (Lipinski definition) is 8. The maximum atomic E-state index is 13.1. The van der Waals surface area contributed by atoms with Crippen LogP contribution in [0, 0.1) is 0 Å². The molecule has 0 aromatic rings. The van der Waals surface area contributed by atoms with E-state index < -0.39 is 49.5 Å². The molecule has 0 aliphatic carbocycles. The minimum atomic E-state index is -1.55. The van der Waals surface area contributed by atoms with Crippen molar-refractivity contribution in [3.8, 4) is 0 Å². The van der Waals surface area contributed by atoms with Crippen LogP contribution in [-0.4, -0.2) is 87.5 Å². The van der Waals surface area contributed by atoms with Crippen LogP contribution >= 0.6 is 0 Å². The van der Waals surface area contributed by atoms with Crippen molar-refractivity contribution in [2.24, 2.45) is 0 Å². The number of amides is 1. The first-order chi connectivity index (χ1) is 34.3. The number of unbranched alkanes of at least 4 members (excludes halogenated alkanes) is 39. The molecule has 7 unspecified atom stereocenters. The standard InChI is InChI=1S/C61H117NO8/c1-3-5-7-9-11-13-15-17-19-21-23-24-25-26-27-28-29-30-31-32-33-35-37-39-41-43-45-47-49-51-57(65)62-54(53-69-61-60(68)59(67)58(66)56(52-63)70-61)55(64)50-48-46-44-42-40-38-36-34-22-20-18-16-14-12-10-8-6-4-2/h23-24,26-27,54-56,58-61,63-64,66-68H,3-22,25,28-53H2,1-2H3,(H,62,65)/b24-23-,27-26-. The summed E-state index contributed by atoms with van der Waals surface area (Å²) >= 11 is 0. The van der Waals surface area contributed by atoms with E-state index in [1.54, 1.807) is 0 Å². The molecule has 1 saturated heterocycles. The zero-order valence-electron chi connectivity index (χ0n) is 46.0. The van der Waals surface area contributed by atoms with E-state index in [1.165, 1.54) is 231 Å². The third kappa shape index (κ3) is 40.1. The van der Waals surface area contributed by atoms with Gasteiger partial charge in [-0.15, -0.1) is 0 Å². The topological polar surface area (TPSA) is 149 Å². The number of hydrogen-bond donors (Lipinski definition) is 6. The van der Waals surface area contributed by atoms with Gasteiger partial charge in [-0.05, 0) is 44.9 Å². The molecule has 1 aliphatic rings. The molecule has 0 spiro atoms. The van der Waals surface area contributed by atoms with Gasteiger partial charge in [-0.2, -0.15) is 0 Å². The molecule has 0 saturated carbocycles. The SMILES string of the molecule is CCCCCCCCCCC/C=C\C/C=C\CCCCCCCCCCCCCCCC(=O)NC(COC1OC(CO)C(O)C(O)C1O)C(O)CCCCCCCCCCCCCCCCCCCC. The molecule has 0 radical (unpaired) electrons. The summed E-state index contributed by atoms with van der Waals surface area (Å²) in [5.41, 5.74) is 0. The summed E-state index contributed by atoms with van der Waals surface area (Å²) in [6, 6.07) is -0.718. The molecule has 9 heteroatoms. The highest BCUT2D eigenvalue weighted by molar-refractivity contribution is 5.76. The Bertz CT molecular complexity index is 1150. The molecular formula is C61H117NO8. The molecule has 1 amide bonds. The van der Waals surface area contributed by atoms with E-state index in [-0.39, 0.29) is 12.5 Å². The highest BCUT2D eigenvalue weighted by Gasteiger charge is 2.44. The van der Waals surface area contributed by atoms with Crippen molar-refractivity contribution in [1.29, 1.82) is 0 Å². The lowest BCUT2D eigenvalue weighted by Gasteiger charge is -2.40. The highest BCUT2D eigenvalue weighted by Crippen LogP contribution is 2.23. The van der Waals surface area contributed by atoms with Crippen LogP contribution < -0.4 is 5.32 Å². The predicted molar refractivity (Wildman–Crippen MR) is 295 cm³/mol. The zero-order valence-corrected chi connectivity index (χ0v) is 46.0. The number of ether oxygens (including phenoxy) is 2. The van der Waals surface area contributed by atoms with Gasteiger partial charge in [0.25, 0.3) is 0 Å². The zero-order chi connectivity index (χ0) is 50.8. The van der Waals surface area contributed by atoms with Crippen LogP contribution in [-0.2, 0) is 14.3 Å². The molecular weight excluding hydrogens is 875 g/mol. The average Bonchev–Trinajstić information content (AvgIpc) is 3.36. The third-order valence-electron chi connectivity index (χ3n) is 14.8. The molecule has 1 fully saturated rings. The van der Waals surface area contributed by atoms with Crippen molar-refractivity contribution in [2.75, 3.05) is 13.2 Å². The van der Waals surface area contributed by atoms with Gasteiger partial charge in [-0.1, -0.05) is 276 Å². The Kier molecular flexibility index (Phi) is 48.7. The lowest BCUT2D eigenvalue weighted by molar-refractivity contribution is -0.302. The number of allylic oxidation sites excluding steroid dienone is 4. The van der Waals surface area contributed by atoms with Crippen molar-refractivity contribution < 1.29 is 39.8 Å². The fourth-order valence-electron chi connectivity index (χ4n) is 9.96. The predicted octanol–water partition coefficient (Wildman–Crippen LogP) is 15.4. The fourth-order valence-corrected chi connectivity index (χ4v) is 9.96. The lowest BCUT2D eigenvalue weighted by atomic mass is 9.99. The van der Waals surface area contributed by atoms with E-state index in [0.29, 0.717) is 12.8 Å². The van der Waals surface area contributed by atoms with E-state index in [2.05, 4.69) is 43.5 Å². The largest absolute Gasteiger partial charge is 0.394 e. The van der Waals surface area contributed by atoms with Gasteiger partial charge < -0.3 is 40.3 Å². The summed E-state index contributed by atoms with van der Waals surface area (Å²) in [5.74, 6) is -0.141. The van der Waals surface area contributed by atoms with Crippen LogP contribution in [0.5, 0.6) is 0 Å². The van der Waals surface area contributed by atoms with Gasteiger partial charge in [-0.25, -0.2) is 0 Å². The smallest absolute Gasteiger partial charge is 0.220 e. The fraction of sp³-hybridized carbons (Fsp3) is 0.918. The second-order valence-electron chi connectivity index (χ2n) is 21.5. The minimum Gasteiger partial charge on any atom is -0.394 e. The molecule has 0 bridgehead atoms. The molecule has 7 atom stereocenters. The van der Waals surface area contributed by atoms with E-state index >= 15 is 0 Å². The lowest BCUT2D eigenvalue weighted by Crippen LogP contribution is -2.60. The van der Waals surface area contributed by atoms with Gasteiger partial charge >= 0.3 is 0 Å². The summed E-state index contributed by atoms with van der Waals surface area (Å²) in [4.78, 5) is 13.1. The van der Waals surface area contributed by atoms with Crippen LogP contribution in [0.25, 0.3) is 0 Å². The molecule has 1 heterocycles. The number of nitrogens with one attached hydrogen (secondary N) is 1. The quantitative estimate of drug-likeness (QED) is 0.0261. The van der Waals surface area contributed by atoms with Crippen molar-refractivity contribution >= 4 is 5.91 Å². The summed E-state index contributed by atoms with van der Waals surface area (Å²) in [6.07, 6.45) is 57.8. The van der Waals surface area contributed by atoms with E-state index in [9.17, 15) is 30.3 Å². The minimum absolute atomic E-state index is 0.135. The normalized spacial score (nSPS) is 19.4.